The first-order valence-electron chi connectivity index (χ1n) is 8.49. The van der Waals surface area contributed by atoms with Gasteiger partial charge in [0.1, 0.15) is 11.5 Å². The van der Waals surface area contributed by atoms with E-state index in [1.165, 1.54) is 7.11 Å². The monoisotopic (exact) mass is 434 g/mol. The lowest BCUT2D eigenvalue weighted by Crippen LogP contribution is -2.24. The number of esters is 1. The molecule has 0 saturated heterocycles. The molecule has 0 atom stereocenters. The molecule has 0 amide bonds. The van der Waals surface area contributed by atoms with Gasteiger partial charge in [-0.25, -0.2) is 9.79 Å². The standard InChI is InChI=1S/C19H16Cl2N4O2.CH4O/c1-11(19(26)27-2)24-25-17-10-22-18(13-5-3-4-6-15(13)21)14-9-12(20)7-8-16(14)23-17;1-2/h3-9H,10H2,1-2H3,(H,23,25);2H,1H3/b24-11-;. The molecule has 0 spiro atoms. The third kappa shape index (κ3) is 5.63. The molecule has 0 bridgehead atoms. The summed E-state index contributed by atoms with van der Waals surface area (Å²) in [4.78, 5) is 20.7. The summed E-state index contributed by atoms with van der Waals surface area (Å²) in [5, 5.41) is 12.2. The summed E-state index contributed by atoms with van der Waals surface area (Å²) < 4.78 is 4.63. The minimum atomic E-state index is -0.524. The van der Waals surface area contributed by atoms with Crippen LogP contribution in [0.15, 0.2) is 57.6 Å². The highest BCUT2D eigenvalue weighted by atomic mass is 35.5. The molecule has 1 heterocycles. The second kappa shape index (κ2) is 10.7. The highest BCUT2D eigenvalue weighted by Gasteiger charge is 2.18. The molecular weight excluding hydrogens is 415 g/mol. The molecule has 9 heteroatoms. The molecular formula is C20H20Cl2N4O3. The summed E-state index contributed by atoms with van der Waals surface area (Å²) in [5.74, 6) is -0.0481. The molecule has 1 aliphatic rings. The van der Waals surface area contributed by atoms with Crippen LogP contribution in [0, 0.1) is 0 Å². The molecule has 152 valence electrons. The third-order valence-electron chi connectivity index (χ3n) is 3.82. The molecule has 0 unspecified atom stereocenters. The van der Waals surface area contributed by atoms with Gasteiger partial charge in [-0.2, -0.15) is 5.10 Å². The van der Waals surface area contributed by atoms with Gasteiger partial charge in [-0.15, -0.1) is 0 Å². The molecule has 0 fully saturated rings. The van der Waals surface area contributed by atoms with Crippen LogP contribution in [0.2, 0.25) is 10.0 Å². The molecule has 0 aliphatic carbocycles. The number of hydrogen-bond acceptors (Lipinski definition) is 7. The van der Waals surface area contributed by atoms with Crippen LogP contribution in [0.5, 0.6) is 0 Å². The van der Waals surface area contributed by atoms with Crippen LogP contribution in [0.25, 0.3) is 0 Å². The number of carbonyl (C=O) groups excluding carboxylic acids is 1. The zero-order chi connectivity index (χ0) is 21.4. The van der Waals surface area contributed by atoms with Crippen molar-refractivity contribution in [2.45, 2.75) is 6.92 Å². The second-order valence-electron chi connectivity index (χ2n) is 5.67. The molecule has 3 rings (SSSR count). The van der Waals surface area contributed by atoms with E-state index >= 15 is 0 Å². The Hall–Kier alpha value is -2.74. The maximum atomic E-state index is 11.5. The van der Waals surface area contributed by atoms with Crippen molar-refractivity contribution in [3.05, 3.63) is 63.6 Å². The van der Waals surface area contributed by atoms with Crippen LogP contribution in [0.4, 0.5) is 5.69 Å². The van der Waals surface area contributed by atoms with Gasteiger partial charge in [0.25, 0.3) is 0 Å². The van der Waals surface area contributed by atoms with Crippen molar-refractivity contribution in [1.29, 1.82) is 0 Å². The Morgan fingerprint density at radius 1 is 1.17 bits per heavy atom. The summed E-state index contributed by atoms with van der Waals surface area (Å²) in [6.45, 7) is 1.77. The van der Waals surface area contributed by atoms with Crippen LogP contribution in [-0.2, 0) is 9.53 Å². The van der Waals surface area contributed by atoms with Crippen LogP contribution in [-0.4, -0.2) is 49.1 Å². The Morgan fingerprint density at radius 3 is 2.59 bits per heavy atom. The van der Waals surface area contributed by atoms with E-state index in [4.69, 9.17) is 28.3 Å². The van der Waals surface area contributed by atoms with Gasteiger partial charge in [0.15, 0.2) is 0 Å². The number of carbonyl (C=O) groups is 1. The number of nitrogens with one attached hydrogen (secondary N) is 1. The van der Waals surface area contributed by atoms with Crippen molar-refractivity contribution in [3.8, 4) is 0 Å². The molecule has 2 N–H and O–H groups in total. The predicted octanol–water partition coefficient (Wildman–Crippen LogP) is 3.62. The lowest BCUT2D eigenvalue weighted by atomic mass is 10.0. The Morgan fingerprint density at radius 2 is 1.90 bits per heavy atom. The molecule has 7 nitrogen and oxygen atoms in total. The molecule has 0 radical (unpaired) electrons. The highest BCUT2D eigenvalue weighted by molar-refractivity contribution is 6.37. The lowest BCUT2D eigenvalue weighted by molar-refractivity contribution is -0.132. The number of aliphatic imine (C=N–C) groups is 2. The normalized spacial score (nSPS) is 13.1. The number of hydrazone groups is 1. The van der Waals surface area contributed by atoms with Gasteiger partial charge in [0.05, 0.1) is 25.1 Å². The van der Waals surface area contributed by atoms with E-state index in [9.17, 15) is 4.79 Å². The van der Waals surface area contributed by atoms with Crippen molar-refractivity contribution < 1.29 is 14.6 Å². The van der Waals surface area contributed by atoms with Gasteiger partial charge >= 0.3 is 5.97 Å². The Labute approximate surface area is 178 Å². The predicted molar refractivity (Wildman–Crippen MR) is 117 cm³/mol. The van der Waals surface area contributed by atoms with Gasteiger partial charge < -0.3 is 9.84 Å². The number of aliphatic hydroxyl groups is 1. The van der Waals surface area contributed by atoms with E-state index in [1.54, 1.807) is 31.2 Å². The maximum absolute atomic E-state index is 11.5. The van der Waals surface area contributed by atoms with Crippen LogP contribution in [0.1, 0.15) is 18.1 Å². The maximum Gasteiger partial charge on any atom is 0.353 e. The van der Waals surface area contributed by atoms with Crippen molar-refractivity contribution >= 4 is 52.1 Å². The number of hydrogen-bond donors (Lipinski definition) is 2. The largest absolute Gasteiger partial charge is 0.464 e. The number of halogens is 2. The molecule has 0 saturated carbocycles. The van der Waals surface area contributed by atoms with Crippen molar-refractivity contribution in [2.24, 2.45) is 15.1 Å². The zero-order valence-electron chi connectivity index (χ0n) is 16.1. The van der Waals surface area contributed by atoms with Crippen LogP contribution in [0.3, 0.4) is 0 Å². The fourth-order valence-corrected chi connectivity index (χ4v) is 2.90. The molecule has 0 aromatic heterocycles. The van der Waals surface area contributed by atoms with Gasteiger partial charge in [0, 0.05) is 28.3 Å². The lowest BCUT2D eigenvalue weighted by Gasteiger charge is -2.10. The van der Waals surface area contributed by atoms with E-state index in [1.807, 2.05) is 18.2 Å². The summed E-state index contributed by atoms with van der Waals surface area (Å²) >= 11 is 12.6. The van der Waals surface area contributed by atoms with Gasteiger partial charge in [-0.05, 0) is 31.2 Å². The number of nitrogens with zero attached hydrogens (tertiary/aromatic N) is 3. The zero-order valence-corrected chi connectivity index (χ0v) is 17.6. The highest BCUT2D eigenvalue weighted by Crippen LogP contribution is 2.30. The minimum Gasteiger partial charge on any atom is -0.464 e. The Balaban J connectivity index is 0.00000145. The van der Waals surface area contributed by atoms with E-state index in [-0.39, 0.29) is 12.3 Å². The van der Waals surface area contributed by atoms with Crippen molar-refractivity contribution in [2.75, 3.05) is 20.8 Å². The van der Waals surface area contributed by atoms with E-state index in [0.29, 0.717) is 27.3 Å². The summed E-state index contributed by atoms with van der Waals surface area (Å²) in [5.41, 5.74) is 5.87. The summed E-state index contributed by atoms with van der Waals surface area (Å²) in [6, 6.07) is 12.8. The summed E-state index contributed by atoms with van der Waals surface area (Å²) in [6.07, 6.45) is 0. The Kier molecular flexibility index (Phi) is 8.33. The van der Waals surface area contributed by atoms with Gasteiger partial charge in [-0.3, -0.25) is 10.4 Å². The number of rotatable bonds is 3. The topological polar surface area (TPSA) is 95.6 Å². The molecule has 29 heavy (non-hydrogen) atoms. The van der Waals surface area contributed by atoms with Crippen molar-refractivity contribution in [3.63, 3.8) is 0 Å². The third-order valence-corrected chi connectivity index (χ3v) is 4.38. The van der Waals surface area contributed by atoms with Crippen LogP contribution >= 0.6 is 23.2 Å². The van der Waals surface area contributed by atoms with Crippen LogP contribution < -0.4 is 5.43 Å². The number of benzene rings is 2. The Bertz CT molecular complexity index is 987. The first kappa shape index (κ1) is 22.5. The molecule has 1 aliphatic heterocycles. The number of ether oxygens (including phenoxy) is 1. The number of fused-ring (bicyclic) bond motifs is 1. The first-order valence-corrected chi connectivity index (χ1v) is 9.25. The number of aliphatic hydroxyl groups excluding tert-OH is 1. The average molecular weight is 435 g/mol. The minimum absolute atomic E-state index is 0.177. The smallest absolute Gasteiger partial charge is 0.353 e. The molecule has 2 aromatic rings. The second-order valence-corrected chi connectivity index (χ2v) is 6.51. The fourth-order valence-electron chi connectivity index (χ4n) is 2.50. The van der Waals surface area contributed by atoms with E-state index < -0.39 is 5.97 Å². The van der Waals surface area contributed by atoms with Crippen molar-refractivity contribution in [1.82, 2.24) is 5.43 Å². The van der Waals surface area contributed by atoms with E-state index in [0.717, 1.165) is 18.2 Å². The number of amidine groups is 1. The van der Waals surface area contributed by atoms with Gasteiger partial charge in [-0.1, -0.05) is 41.4 Å². The molecule has 2 aromatic carbocycles. The quantitative estimate of drug-likeness (QED) is 0.437. The SMILES string of the molecule is CO.COC(=O)/C(C)=N\NC1=Nc2ccc(Cl)cc2C(c2ccccc2Cl)=NC1. The first-order chi connectivity index (χ1) is 14.0. The average Bonchev–Trinajstić information content (AvgIpc) is 2.92. The summed E-state index contributed by atoms with van der Waals surface area (Å²) in [7, 11) is 2.30. The van der Waals surface area contributed by atoms with Gasteiger partial charge in [0.2, 0.25) is 0 Å². The van der Waals surface area contributed by atoms with E-state index in [2.05, 4.69) is 25.2 Å². The fraction of sp³-hybridized carbons (Fsp3) is 0.200. The number of methoxy groups -OCH3 is 1.